The molecule has 7 heteroatoms. The lowest BCUT2D eigenvalue weighted by molar-refractivity contribution is -0.130. The third kappa shape index (κ3) is 3.58. The van der Waals surface area contributed by atoms with E-state index < -0.39 is 0 Å². The third-order valence-corrected chi connectivity index (χ3v) is 5.67. The van der Waals surface area contributed by atoms with Crippen molar-refractivity contribution in [3.63, 3.8) is 0 Å². The van der Waals surface area contributed by atoms with Crippen LogP contribution in [-0.4, -0.2) is 76.8 Å². The number of pyridine rings is 1. The Bertz CT molecular complexity index is 739. The van der Waals surface area contributed by atoms with Crippen LogP contribution in [0.15, 0.2) is 35.8 Å². The molecule has 2 amide bonds. The average molecular weight is 358 g/mol. The number of H-pyrrole nitrogens is 1. The van der Waals surface area contributed by atoms with Crippen LogP contribution in [0.3, 0.4) is 0 Å². The summed E-state index contributed by atoms with van der Waals surface area (Å²) in [5.41, 5.74) is 0.0741. The zero-order valence-corrected chi connectivity index (χ0v) is 15.2. The molecule has 7 nitrogen and oxygen atoms in total. The standard InChI is InChI=1S/C19H26N4O3/c1-3-9-22-10-8-19(7-6-17(22)25)14-23(12-11-21(19)2)18(26)15-4-5-16(24)20-13-15/h3-5,13H,1,6-12,14H2,2H3,(H,20,24)/t19-/m1/s1. The molecule has 2 saturated heterocycles. The summed E-state index contributed by atoms with van der Waals surface area (Å²) < 4.78 is 0. The Hall–Kier alpha value is -2.41. The van der Waals surface area contributed by atoms with Crippen LogP contribution in [0.1, 0.15) is 29.6 Å². The first-order chi connectivity index (χ1) is 12.4. The second-order valence-electron chi connectivity index (χ2n) is 7.19. The van der Waals surface area contributed by atoms with Crippen LogP contribution in [0.4, 0.5) is 0 Å². The lowest BCUT2D eigenvalue weighted by atomic mass is 9.86. The number of nitrogens with zero attached hydrogens (tertiary/aromatic N) is 3. The van der Waals surface area contributed by atoms with E-state index in [1.807, 2.05) is 9.80 Å². The molecule has 3 heterocycles. The van der Waals surface area contributed by atoms with E-state index in [1.165, 1.54) is 12.3 Å². The molecule has 26 heavy (non-hydrogen) atoms. The van der Waals surface area contributed by atoms with Gasteiger partial charge in [0.25, 0.3) is 5.91 Å². The largest absolute Gasteiger partial charge is 0.339 e. The number of nitrogens with one attached hydrogen (secondary N) is 1. The first-order valence-corrected chi connectivity index (χ1v) is 9.03. The summed E-state index contributed by atoms with van der Waals surface area (Å²) in [5, 5.41) is 0. The van der Waals surface area contributed by atoms with Gasteiger partial charge in [-0.25, -0.2) is 0 Å². The molecule has 2 fully saturated rings. The molecule has 0 unspecified atom stereocenters. The molecule has 0 saturated carbocycles. The molecule has 3 rings (SSSR count). The van der Waals surface area contributed by atoms with E-state index >= 15 is 0 Å². The second kappa shape index (κ2) is 7.45. The molecule has 1 aromatic rings. The molecule has 1 N–H and O–H groups in total. The number of carbonyl (C=O) groups excluding carboxylic acids is 2. The maximum absolute atomic E-state index is 12.9. The van der Waals surface area contributed by atoms with Gasteiger partial charge in [-0.05, 0) is 26.0 Å². The topological polar surface area (TPSA) is 76.7 Å². The number of likely N-dealkylation sites (N-methyl/N-ethyl adjacent to an activating group) is 1. The van der Waals surface area contributed by atoms with Gasteiger partial charge < -0.3 is 14.8 Å². The third-order valence-electron chi connectivity index (χ3n) is 5.67. The van der Waals surface area contributed by atoms with Gasteiger partial charge in [0.05, 0.1) is 5.56 Å². The number of likely N-dealkylation sites (tertiary alicyclic amines) is 1. The van der Waals surface area contributed by atoms with Crippen LogP contribution < -0.4 is 5.56 Å². The minimum absolute atomic E-state index is 0.0766. The van der Waals surface area contributed by atoms with Gasteiger partial charge in [0, 0.05) is 56.9 Å². The van der Waals surface area contributed by atoms with Gasteiger partial charge in [0.15, 0.2) is 0 Å². The fraction of sp³-hybridized carbons (Fsp3) is 0.526. The van der Waals surface area contributed by atoms with Crippen molar-refractivity contribution < 1.29 is 9.59 Å². The Kier molecular flexibility index (Phi) is 5.27. The van der Waals surface area contributed by atoms with Gasteiger partial charge in [-0.3, -0.25) is 19.3 Å². The first kappa shape index (κ1) is 18.4. The maximum atomic E-state index is 12.9. The SMILES string of the molecule is C=CCN1CC[C@]2(CCC1=O)CN(C(=O)c1ccc(=O)[nH]c1)CCN2C. The molecule has 0 bridgehead atoms. The molecule has 1 spiro atoms. The number of carbonyl (C=O) groups is 2. The summed E-state index contributed by atoms with van der Waals surface area (Å²) in [6, 6.07) is 2.94. The van der Waals surface area contributed by atoms with Crippen molar-refractivity contribution in [3.8, 4) is 0 Å². The molecule has 0 aromatic carbocycles. The molecule has 140 valence electrons. The van der Waals surface area contributed by atoms with Crippen molar-refractivity contribution in [1.82, 2.24) is 19.7 Å². The van der Waals surface area contributed by atoms with Gasteiger partial charge >= 0.3 is 0 Å². The number of piperazine rings is 1. The number of rotatable bonds is 3. The highest BCUT2D eigenvalue weighted by atomic mass is 16.2. The number of hydrogen-bond donors (Lipinski definition) is 1. The van der Waals surface area contributed by atoms with Crippen LogP contribution in [0, 0.1) is 0 Å². The average Bonchev–Trinajstić information content (AvgIpc) is 2.79. The van der Waals surface area contributed by atoms with Gasteiger partial charge in [-0.2, -0.15) is 0 Å². The highest BCUT2D eigenvalue weighted by molar-refractivity contribution is 5.94. The Balaban J connectivity index is 1.78. The van der Waals surface area contributed by atoms with E-state index in [9.17, 15) is 14.4 Å². The van der Waals surface area contributed by atoms with E-state index in [2.05, 4.69) is 23.5 Å². The molecule has 2 aliphatic rings. The lowest BCUT2D eigenvalue weighted by Gasteiger charge is -2.49. The predicted octanol–water partition coefficient (Wildman–Crippen LogP) is 0.700. The summed E-state index contributed by atoms with van der Waals surface area (Å²) in [5.74, 6) is 0.0755. The van der Waals surface area contributed by atoms with E-state index in [4.69, 9.17) is 0 Å². The summed E-state index contributed by atoms with van der Waals surface area (Å²) in [7, 11) is 2.08. The monoisotopic (exact) mass is 358 g/mol. The summed E-state index contributed by atoms with van der Waals surface area (Å²) >= 11 is 0. The van der Waals surface area contributed by atoms with Crippen LogP contribution >= 0.6 is 0 Å². The zero-order chi connectivity index (χ0) is 18.7. The summed E-state index contributed by atoms with van der Waals surface area (Å²) in [6.45, 7) is 6.98. The lowest BCUT2D eigenvalue weighted by Crippen LogP contribution is -2.62. The van der Waals surface area contributed by atoms with Crippen molar-refractivity contribution in [3.05, 3.63) is 46.9 Å². The quantitative estimate of drug-likeness (QED) is 0.807. The smallest absolute Gasteiger partial charge is 0.255 e. The van der Waals surface area contributed by atoms with E-state index in [0.29, 0.717) is 38.2 Å². The summed E-state index contributed by atoms with van der Waals surface area (Å²) in [6.07, 6.45) is 5.29. The van der Waals surface area contributed by atoms with Crippen molar-refractivity contribution in [1.29, 1.82) is 0 Å². The number of aromatic nitrogens is 1. The summed E-state index contributed by atoms with van der Waals surface area (Å²) in [4.78, 5) is 45.0. The predicted molar refractivity (Wildman–Crippen MR) is 99.0 cm³/mol. The number of amides is 2. The highest BCUT2D eigenvalue weighted by Gasteiger charge is 2.43. The van der Waals surface area contributed by atoms with Gasteiger partial charge in [-0.15, -0.1) is 6.58 Å². The van der Waals surface area contributed by atoms with Crippen molar-refractivity contribution in [2.24, 2.45) is 0 Å². The van der Waals surface area contributed by atoms with Crippen molar-refractivity contribution in [2.75, 3.05) is 39.8 Å². The Labute approximate surface area is 153 Å². The fourth-order valence-corrected chi connectivity index (χ4v) is 3.94. The first-order valence-electron chi connectivity index (χ1n) is 9.03. The minimum Gasteiger partial charge on any atom is -0.339 e. The Morgan fingerprint density at radius 1 is 1.27 bits per heavy atom. The molecule has 1 aromatic heterocycles. The molecular weight excluding hydrogens is 332 g/mol. The van der Waals surface area contributed by atoms with Crippen LogP contribution in [0.5, 0.6) is 0 Å². The minimum atomic E-state index is -0.221. The van der Waals surface area contributed by atoms with Crippen LogP contribution in [0.2, 0.25) is 0 Å². The van der Waals surface area contributed by atoms with E-state index in [1.54, 1.807) is 12.1 Å². The van der Waals surface area contributed by atoms with E-state index in [0.717, 1.165) is 19.4 Å². The molecule has 1 atom stereocenters. The number of hydrogen-bond acceptors (Lipinski definition) is 4. The van der Waals surface area contributed by atoms with Crippen LogP contribution in [-0.2, 0) is 4.79 Å². The van der Waals surface area contributed by atoms with Crippen molar-refractivity contribution in [2.45, 2.75) is 24.8 Å². The highest BCUT2D eigenvalue weighted by Crippen LogP contribution is 2.32. The van der Waals surface area contributed by atoms with Crippen molar-refractivity contribution >= 4 is 11.8 Å². The molecule has 2 aliphatic heterocycles. The van der Waals surface area contributed by atoms with Gasteiger partial charge in [0.2, 0.25) is 11.5 Å². The molecule has 0 radical (unpaired) electrons. The van der Waals surface area contributed by atoms with E-state index in [-0.39, 0.29) is 22.9 Å². The molecule has 0 aliphatic carbocycles. The molecular formula is C19H26N4O3. The Morgan fingerprint density at radius 2 is 2.08 bits per heavy atom. The van der Waals surface area contributed by atoms with Gasteiger partial charge in [0.1, 0.15) is 0 Å². The second-order valence-corrected chi connectivity index (χ2v) is 7.19. The van der Waals surface area contributed by atoms with Gasteiger partial charge in [-0.1, -0.05) is 6.08 Å². The Morgan fingerprint density at radius 3 is 2.77 bits per heavy atom. The maximum Gasteiger partial charge on any atom is 0.255 e. The fourth-order valence-electron chi connectivity index (χ4n) is 3.94. The normalized spacial score (nSPS) is 24.6. The van der Waals surface area contributed by atoms with Crippen LogP contribution in [0.25, 0.3) is 0 Å². The number of aromatic amines is 1. The zero-order valence-electron chi connectivity index (χ0n) is 15.2.